The molecule has 3 rings (SSSR count). The summed E-state index contributed by atoms with van der Waals surface area (Å²) in [5, 5.41) is 5.08. The second-order valence-electron chi connectivity index (χ2n) is 6.77. The van der Waals surface area contributed by atoms with Gasteiger partial charge in [-0.1, -0.05) is 29.8 Å². The van der Waals surface area contributed by atoms with Crippen molar-refractivity contribution in [1.82, 2.24) is 0 Å². The number of hydrogen-bond donors (Lipinski definition) is 2. The zero-order chi connectivity index (χ0) is 23.4. The van der Waals surface area contributed by atoms with E-state index in [0.717, 1.165) is 11.8 Å². The van der Waals surface area contributed by atoms with E-state index in [1.165, 1.54) is 48.5 Å². The molecule has 3 aromatic rings. The number of benzene rings is 3. The maximum absolute atomic E-state index is 12.4. The minimum absolute atomic E-state index is 0.00963. The third-order valence-electron chi connectivity index (χ3n) is 3.95. The predicted molar refractivity (Wildman–Crippen MR) is 120 cm³/mol. The van der Waals surface area contributed by atoms with Gasteiger partial charge in [0.1, 0.15) is 16.4 Å². The second kappa shape index (κ2) is 9.28. The molecule has 0 bridgehead atoms. The van der Waals surface area contributed by atoms with Gasteiger partial charge >= 0.3 is 26.3 Å². The molecule has 0 saturated carbocycles. The molecule has 32 heavy (non-hydrogen) atoms. The standard InChI is InChI=1S/C21H20N2O7S2/c1-15-9-11-20(12-10-15)32(27,28)30-19-8-4-6-17(14-19)23-21(24)22-16-5-3-7-18(13-16)29-31(2,25)26/h3-14H,1-2H3,(H2,22,23,24). The molecule has 2 amide bonds. The maximum Gasteiger partial charge on any atom is 0.339 e. The molecule has 0 radical (unpaired) electrons. The van der Waals surface area contributed by atoms with Crippen molar-refractivity contribution in [2.75, 3.05) is 16.9 Å². The lowest BCUT2D eigenvalue weighted by Gasteiger charge is -2.11. The van der Waals surface area contributed by atoms with Gasteiger partial charge in [-0.05, 0) is 43.3 Å². The van der Waals surface area contributed by atoms with E-state index in [1.807, 2.05) is 6.92 Å². The summed E-state index contributed by atoms with van der Waals surface area (Å²) in [4.78, 5) is 12.3. The van der Waals surface area contributed by atoms with Crippen molar-refractivity contribution < 1.29 is 30.0 Å². The fourth-order valence-electron chi connectivity index (χ4n) is 2.60. The molecular formula is C21H20N2O7S2. The highest BCUT2D eigenvalue weighted by Crippen LogP contribution is 2.23. The zero-order valence-electron chi connectivity index (χ0n) is 17.1. The summed E-state index contributed by atoms with van der Waals surface area (Å²) in [6.07, 6.45) is 0.911. The summed E-state index contributed by atoms with van der Waals surface area (Å²) in [5.74, 6) is 0.0638. The van der Waals surface area contributed by atoms with Crippen molar-refractivity contribution in [2.45, 2.75) is 11.8 Å². The number of nitrogens with one attached hydrogen (secondary N) is 2. The zero-order valence-corrected chi connectivity index (χ0v) is 18.7. The SMILES string of the molecule is Cc1ccc(S(=O)(=O)Oc2cccc(NC(=O)Nc3cccc(OS(C)(=O)=O)c3)c2)cc1. The Balaban J connectivity index is 1.67. The van der Waals surface area contributed by atoms with Crippen LogP contribution >= 0.6 is 0 Å². The quantitative estimate of drug-likeness (QED) is 0.497. The summed E-state index contributed by atoms with van der Waals surface area (Å²) in [6.45, 7) is 1.84. The van der Waals surface area contributed by atoms with E-state index in [-0.39, 0.29) is 27.8 Å². The first-order valence-corrected chi connectivity index (χ1v) is 12.4. The summed E-state index contributed by atoms with van der Waals surface area (Å²) in [5.41, 5.74) is 1.48. The highest BCUT2D eigenvalue weighted by molar-refractivity contribution is 7.87. The first-order valence-electron chi connectivity index (χ1n) is 9.19. The third-order valence-corrected chi connectivity index (χ3v) is 5.70. The smallest absolute Gasteiger partial charge is 0.339 e. The van der Waals surface area contributed by atoms with E-state index in [1.54, 1.807) is 24.3 Å². The fraction of sp³-hybridized carbons (Fsp3) is 0.0952. The molecule has 0 unspecified atom stereocenters. The number of amides is 2. The van der Waals surface area contributed by atoms with Gasteiger partial charge in [-0.3, -0.25) is 0 Å². The summed E-state index contributed by atoms with van der Waals surface area (Å²) < 4.78 is 57.3. The monoisotopic (exact) mass is 476 g/mol. The summed E-state index contributed by atoms with van der Waals surface area (Å²) in [7, 11) is -7.74. The number of rotatable bonds is 7. The molecule has 0 spiro atoms. The normalized spacial score (nSPS) is 11.4. The van der Waals surface area contributed by atoms with Crippen LogP contribution in [0, 0.1) is 6.92 Å². The average Bonchev–Trinajstić information content (AvgIpc) is 2.67. The Morgan fingerprint density at radius 3 is 1.75 bits per heavy atom. The summed E-state index contributed by atoms with van der Waals surface area (Å²) in [6, 6.07) is 17.3. The summed E-state index contributed by atoms with van der Waals surface area (Å²) >= 11 is 0. The number of aryl methyl sites for hydroxylation is 1. The first-order chi connectivity index (χ1) is 15.0. The van der Waals surface area contributed by atoms with Crippen molar-refractivity contribution in [1.29, 1.82) is 0 Å². The van der Waals surface area contributed by atoms with Gasteiger partial charge in [0.25, 0.3) is 0 Å². The van der Waals surface area contributed by atoms with Crippen LogP contribution in [-0.4, -0.2) is 29.1 Å². The second-order valence-corrected chi connectivity index (χ2v) is 9.89. The van der Waals surface area contributed by atoms with Crippen molar-refractivity contribution >= 4 is 37.6 Å². The van der Waals surface area contributed by atoms with Gasteiger partial charge in [0.05, 0.1) is 6.26 Å². The van der Waals surface area contributed by atoms with E-state index in [4.69, 9.17) is 8.37 Å². The number of hydrogen-bond acceptors (Lipinski definition) is 7. The van der Waals surface area contributed by atoms with Crippen LogP contribution in [0.1, 0.15) is 5.56 Å². The lowest BCUT2D eigenvalue weighted by Crippen LogP contribution is -2.19. The lowest BCUT2D eigenvalue weighted by atomic mass is 10.2. The van der Waals surface area contributed by atoms with E-state index < -0.39 is 26.3 Å². The van der Waals surface area contributed by atoms with E-state index in [2.05, 4.69) is 10.6 Å². The molecule has 3 aromatic carbocycles. The van der Waals surface area contributed by atoms with E-state index >= 15 is 0 Å². The molecule has 0 fully saturated rings. The Morgan fingerprint density at radius 2 is 1.25 bits per heavy atom. The molecule has 2 N–H and O–H groups in total. The first kappa shape index (κ1) is 23.1. The molecule has 0 aliphatic rings. The Kier molecular flexibility index (Phi) is 6.70. The van der Waals surface area contributed by atoms with Gasteiger partial charge in [0, 0.05) is 23.5 Å². The predicted octanol–water partition coefficient (Wildman–Crippen LogP) is 3.75. The molecule has 0 aliphatic carbocycles. The van der Waals surface area contributed by atoms with Gasteiger partial charge in [-0.25, -0.2) is 4.79 Å². The van der Waals surface area contributed by atoms with E-state index in [0.29, 0.717) is 0 Å². The number of anilines is 2. The number of urea groups is 1. The maximum atomic E-state index is 12.4. The highest BCUT2D eigenvalue weighted by Gasteiger charge is 2.17. The number of carbonyl (C=O) groups is 1. The Labute approximate surface area is 186 Å². The van der Waals surface area contributed by atoms with Crippen LogP contribution < -0.4 is 19.0 Å². The van der Waals surface area contributed by atoms with Crippen molar-refractivity contribution in [3.05, 3.63) is 78.4 Å². The highest BCUT2D eigenvalue weighted by atomic mass is 32.2. The molecule has 11 heteroatoms. The van der Waals surface area contributed by atoms with Gasteiger partial charge in [-0.2, -0.15) is 16.8 Å². The van der Waals surface area contributed by atoms with Gasteiger partial charge in [0.2, 0.25) is 0 Å². The van der Waals surface area contributed by atoms with Crippen molar-refractivity contribution in [3.8, 4) is 11.5 Å². The van der Waals surface area contributed by atoms with Gasteiger partial charge in [0.15, 0.2) is 0 Å². The average molecular weight is 477 g/mol. The molecule has 9 nitrogen and oxygen atoms in total. The molecule has 0 heterocycles. The van der Waals surface area contributed by atoms with Gasteiger partial charge < -0.3 is 19.0 Å². The molecule has 0 aromatic heterocycles. The van der Waals surface area contributed by atoms with Crippen LogP contribution in [0.3, 0.4) is 0 Å². The minimum Gasteiger partial charge on any atom is -0.383 e. The Hall–Kier alpha value is -3.57. The fourth-order valence-corrected chi connectivity index (χ4v) is 3.98. The Morgan fingerprint density at radius 1 is 0.750 bits per heavy atom. The molecular weight excluding hydrogens is 456 g/mol. The number of carbonyl (C=O) groups excluding carboxylic acids is 1. The van der Waals surface area contributed by atoms with Crippen molar-refractivity contribution in [3.63, 3.8) is 0 Å². The minimum atomic E-state index is -4.03. The van der Waals surface area contributed by atoms with Crippen LogP contribution in [0.5, 0.6) is 11.5 Å². The van der Waals surface area contributed by atoms with Crippen LogP contribution in [-0.2, 0) is 20.2 Å². The van der Waals surface area contributed by atoms with E-state index in [9.17, 15) is 21.6 Å². The van der Waals surface area contributed by atoms with Crippen molar-refractivity contribution in [2.24, 2.45) is 0 Å². The van der Waals surface area contributed by atoms with Crippen LogP contribution in [0.4, 0.5) is 16.2 Å². The lowest BCUT2D eigenvalue weighted by molar-refractivity contribution is 0.262. The third kappa shape index (κ3) is 6.72. The molecule has 168 valence electrons. The van der Waals surface area contributed by atoms with Crippen LogP contribution in [0.15, 0.2) is 77.7 Å². The largest absolute Gasteiger partial charge is 0.383 e. The molecule has 0 atom stereocenters. The topological polar surface area (TPSA) is 128 Å². The van der Waals surface area contributed by atoms with Gasteiger partial charge in [-0.15, -0.1) is 0 Å². The van der Waals surface area contributed by atoms with Crippen LogP contribution in [0.25, 0.3) is 0 Å². The molecule has 0 aliphatic heterocycles. The Bertz CT molecular complexity index is 1340. The molecule has 0 saturated heterocycles. The van der Waals surface area contributed by atoms with Crippen LogP contribution in [0.2, 0.25) is 0 Å².